The van der Waals surface area contributed by atoms with Crippen molar-refractivity contribution >= 4 is 25.7 Å². The first-order valence-corrected chi connectivity index (χ1v) is 11.3. The molecule has 1 saturated heterocycles. The second-order valence-electron chi connectivity index (χ2n) is 5.94. The van der Waals surface area contributed by atoms with E-state index in [0.29, 0.717) is 12.1 Å². The lowest BCUT2D eigenvalue weighted by atomic mass is 10.1. The highest BCUT2D eigenvalue weighted by atomic mass is 32.2. The Balaban J connectivity index is 2.02. The first kappa shape index (κ1) is 19.2. The number of hydrogen-bond acceptors (Lipinski definition) is 5. The van der Waals surface area contributed by atoms with Crippen LogP contribution in [0.25, 0.3) is 0 Å². The van der Waals surface area contributed by atoms with Crippen LogP contribution in [0, 0.1) is 0 Å². The van der Waals surface area contributed by atoms with Crippen molar-refractivity contribution in [3.05, 3.63) is 24.3 Å². The maximum Gasteiger partial charge on any atom is 0.240 e. The van der Waals surface area contributed by atoms with Gasteiger partial charge in [0.15, 0.2) is 0 Å². The minimum Gasteiger partial charge on any atom is -0.317 e. The van der Waals surface area contributed by atoms with Gasteiger partial charge in [-0.25, -0.2) is 21.6 Å². The van der Waals surface area contributed by atoms with Crippen LogP contribution in [0.15, 0.2) is 29.2 Å². The standard InChI is InChI=1S/C15H25N3O4S2/c1-2-3-12-23(19,20)17-13-4-6-15(7-5-13)24(21,22)18-14-8-10-16-11-9-14/h4-7,14,16-18H,2-3,8-12H2,1H3. The third-order valence-electron chi connectivity index (χ3n) is 3.87. The van der Waals surface area contributed by atoms with Crippen molar-refractivity contribution in [1.29, 1.82) is 0 Å². The smallest absolute Gasteiger partial charge is 0.240 e. The Hall–Kier alpha value is -1.16. The highest BCUT2D eigenvalue weighted by molar-refractivity contribution is 7.92. The molecule has 1 aliphatic rings. The Morgan fingerprint density at radius 2 is 1.71 bits per heavy atom. The average Bonchev–Trinajstić information content (AvgIpc) is 2.54. The molecule has 1 aliphatic heterocycles. The predicted octanol–water partition coefficient (Wildman–Crippen LogP) is 1.26. The lowest BCUT2D eigenvalue weighted by Gasteiger charge is -2.23. The maximum atomic E-state index is 12.4. The molecule has 0 saturated carbocycles. The molecular weight excluding hydrogens is 350 g/mol. The van der Waals surface area contributed by atoms with Gasteiger partial charge in [-0.15, -0.1) is 0 Å². The van der Waals surface area contributed by atoms with Crippen LogP contribution in [-0.2, 0) is 20.0 Å². The van der Waals surface area contributed by atoms with Gasteiger partial charge < -0.3 is 5.32 Å². The molecule has 0 spiro atoms. The molecule has 1 fully saturated rings. The van der Waals surface area contributed by atoms with Gasteiger partial charge in [0.05, 0.1) is 10.6 Å². The van der Waals surface area contributed by atoms with Crippen LogP contribution in [-0.4, -0.2) is 41.7 Å². The van der Waals surface area contributed by atoms with Gasteiger partial charge in [-0.2, -0.15) is 0 Å². The summed E-state index contributed by atoms with van der Waals surface area (Å²) in [7, 11) is -6.98. The summed E-state index contributed by atoms with van der Waals surface area (Å²) in [6.45, 7) is 3.52. The van der Waals surface area contributed by atoms with Gasteiger partial charge in [-0.1, -0.05) is 13.3 Å². The molecule has 7 nitrogen and oxygen atoms in total. The van der Waals surface area contributed by atoms with E-state index in [1.54, 1.807) is 0 Å². The number of sulfonamides is 2. The second-order valence-corrected chi connectivity index (χ2v) is 9.50. The first-order valence-electron chi connectivity index (χ1n) is 8.16. The Kier molecular flexibility index (Phi) is 6.62. The van der Waals surface area contributed by atoms with Crippen LogP contribution in [0.4, 0.5) is 5.69 Å². The maximum absolute atomic E-state index is 12.4. The third-order valence-corrected chi connectivity index (χ3v) is 6.77. The summed E-state index contributed by atoms with van der Waals surface area (Å²) in [5.41, 5.74) is 0.368. The lowest BCUT2D eigenvalue weighted by Crippen LogP contribution is -2.42. The summed E-state index contributed by atoms with van der Waals surface area (Å²) in [5.74, 6) is 0.0564. The van der Waals surface area contributed by atoms with E-state index in [1.165, 1.54) is 24.3 Å². The minimum absolute atomic E-state index is 0.0564. The van der Waals surface area contributed by atoms with Crippen molar-refractivity contribution in [1.82, 2.24) is 10.0 Å². The monoisotopic (exact) mass is 375 g/mol. The summed E-state index contributed by atoms with van der Waals surface area (Å²) in [5, 5.41) is 3.18. The van der Waals surface area contributed by atoms with E-state index in [1.807, 2.05) is 6.92 Å². The van der Waals surface area contributed by atoms with Crippen LogP contribution in [0.1, 0.15) is 32.6 Å². The SMILES string of the molecule is CCCCS(=O)(=O)Nc1ccc(S(=O)(=O)NC2CCNCC2)cc1. The third kappa shape index (κ3) is 5.73. The fraction of sp³-hybridized carbons (Fsp3) is 0.600. The van der Waals surface area contributed by atoms with Crippen molar-refractivity contribution < 1.29 is 16.8 Å². The molecule has 0 aromatic heterocycles. The van der Waals surface area contributed by atoms with Gasteiger partial charge in [0.2, 0.25) is 20.0 Å². The molecule has 0 unspecified atom stereocenters. The van der Waals surface area contributed by atoms with Gasteiger partial charge >= 0.3 is 0 Å². The van der Waals surface area contributed by atoms with Crippen LogP contribution in [0.3, 0.4) is 0 Å². The molecule has 0 aliphatic carbocycles. The number of hydrogen-bond donors (Lipinski definition) is 3. The normalized spacial score (nSPS) is 16.9. The molecule has 1 aromatic carbocycles. The molecule has 0 amide bonds. The van der Waals surface area contributed by atoms with E-state index in [4.69, 9.17) is 0 Å². The van der Waals surface area contributed by atoms with E-state index in [2.05, 4.69) is 14.8 Å². The quantitative estimate of drug-likeness (QED) is 0.634. The number of rotatable bonds is 8. The molecule has 1 aromatic rings. The van der Waals surface area contributed by atoms with Crippen molar-refractivity contribution in [3.63, 3.8) is 0 Å². The zero-order valence-corrected chi connectivity index (χ0v) is 15.4. The molecule has 0 bridgehead atoms. The zero-order chi connectivity index (χ0) is 17.6. The zero-order valence-electron chi connectivity index (χ0n) is 13.8. The van der Waals surface area contributed by atoms with Crippen LogP contribution in [0.5, 0.6) is 0 Å². The summed E-state index contributed by atoms with van der Waals surface area (Å²) in [6, 6.07) is 5.71. The highest BCUT2D eigenvalue weighted by Crippen LogP contribution is 2.17. The molecule has 0 atom stereocenters. The predicted molar refractivity (Wildman–Crippen MR) is 95.0 cm³/mol. The fourth-order valence-electron chi connectivity index (χ4n) is 2.49. The summed E-state index contributed by atoms with van der Waals surface area (Å²) in [4.78, 5) is 0.137. The van der Waals surface area contributed by atoms with Gasteiger partial charge in [-0.3, -0.25) is 4.72 Å². The number of piperidine rings is 1. The number of anilines is 1. The molecular formula is C15H25N3O4S2. The largest absolute Gasteiger partial charge is 0.317 e. The molecule has 0 radical (unpaired) electrons. The summed E-state index contributed by atoms with van der Waals surface area (Å²) < 4.78 is 53.6. The molecule has 9 heteroatoms. The Labute approximate surface area is 144 Å². The van der Waals surface area contributed by atoms with E-state index < -0.39 is 20.0 Å². The van der Waals surface area contributed by atoms with Crippen LogP contribution >= 0.6 is 0 Å². The van der Waals surface area contributed by atoms with E-state index in [0.717, 1.165) is 32.4 Å². The molecule has 2 rings (SSSR count). The Morgan fingerprint density at radius 1 is 1.08 bits per heavy atom. The molecule has 1 heterocycles. The van der Waals surface area contributed by atoms with Crippen molar-refractivity contribution in [2.75, 3.05) is 23.6 Å². The average molecular weight is 376 g/mol. The van der Waals surface area contributed by atoms with E-state index in [-0.39, 0.29) is 16.7 Å². The van der Waals surface area contributed by atoms with Crippen molar-refractivity contribution in [2.24, 2.45) is 0 Å². The van der Waals surface area contributed by atoms with Crippen molar-refractivity contribution in [3.8, 4) is 0 Å². The Bertz CT molecular complexity index is 724. The topological polar surface area (TPSA) is 104 Å². The number of unbranched alkanes of at least 4 members (excludes halogenated alkanes) is 1. The second kappa shape index (κ2) is 8.28. The van der Waals surface area contributed by atoms with Crippen molar-refractivity contribution in [2.45, 2.75) is 43.5 Å². The fourth-order valence-corrected chi connectivity index (χ4v) is 5.07. The summed E-state index contributed by atoms with van der Waals surface area (Å²) >= 11 is 0. The first-order chi connectivity index (χ1) is 11.3. The van der Waals surface area contributed by atoms with Gasteiger partial charge in [0.1, 0.15) is 0 Å². The van der Waals surface area contributed by atoms with Gasteiger partial charge in [-0.05, 0) is 56.6 Å². The molecule has 136 valence electrons. The van der Waals surface area contributed by atoms with Gasteiger partial charge in [0.25, 0.3) is 0 Å². The molecule has 24 heavy (non-hydrogen) atoms. The molecule has 3 N–H and O–H groups in total. The van der Waals surface area contributed by atoms with Gasteiger partial charge in [0, 0.05) is 11.7 Å². The van der Waals surface area contributed by atoms with Crippen LogP contribution in [0.2, 0.25) is 0 Å². The number of nitrogens with one attached hydrogen (secondary N) is 3. The lowest BCUT2D eigenvalue weighted by molar-refractivity contribution is 0.427. The highest BCUT2D eigenvalue weighted by Gasteiger charge is 2.21. The van der Waals surface area contributed by atoms with Crippen LogP contribution < -0.4 is 14.8 Å². The Morgan fingerprint density at radius 3 is 2.29 bits per heavy atom. The minimum atomic E-state index is -3.59. The number of benzene rings is 1. The van der Waals surface area contributed by atoms with E-state index >= 15 is 0 Å². The van der Waals surface area contributed by atoms with E-state index in [9.17, 15) is 16.8 Å². The summed E-state index contributed by atoms with van der Waals surface area (Å²) in [6.07, 6.45) is 2.89.